The predicted molar refractivity (Wildman–Crippen MR) is 77.8 cm³/mol. The van der Waals surface area contributed by atoms with Crippen molar-refractivity contribution in [2.75, 3.05) is 31.1 Å². The van der Waals surface area contributed by atoms with Crippen LogP contribution < -0.4 is 4.90 Å². The molecule has 3 aliphatic rings. The summed E-state index contributed by atoms with van der Waals surface area (Å²) in [6.45, 7) is 4.42. The Bertz CT molecular complexity index is 575. The van der Waals surface area contributed by atoms with E-state index in [1.807, 2.05) is 0 Å². The number of pyridine rings is 1. The van der Waals surface area contributed by atoms with E-state index in [2.05, 4.69) is 21.9 Å². The summed E-state index contributed by atoms with van der Waals surface area (Å²) in [7, 11) is 0. The normalized spacial score (nSPS) is 25.4. The van der Waals surface area contributed by atoms with Crippen molar-refractivity contribution in [1.82, 2.24) is 9.88 Å². The van der Waals surface area contributed by atoms with E-state index in [0.29, 0.717) is 6.04 Å². The third-order valence-corrected chi connectivity index (χ3v) is 5.04. The molecule has 2 aliphatic heterocycles. The van der Waals surface area contributed by atoms with Gasteiger partial charge in [-0.15, -0.1) is 0 Å². The molecular formula is C16H20N4. The first-order chi connectivity index (χ1) is 9.85. The molecule has 0 spiro atoms. The van der Waals surface area contributed by atoms with Crippen LogP contribution in [0.25, 0.3) is 0 Å². The van der Waals surface area contributed by atoms with Gasteiger partial charge in [-0.2, -0.15) is 5.26 Å². The van der Waals surface area contributed by atoms with Crippen LogP contribution in [-0.2, 0) is 12.8 Å². The monoisotopic (exact) mass is 268 g/mol. The highest BCUT2D eigenvalue weighted by molar-refractivity contribution is 5.57. The second-order valence-corrected chi connectivity index (χ2v) is 6.21. The van der Waals surface area contributed by atoms with Crippen molar-refractivity contribution in [2.45, 2.75) is 38.1 Å². The van der Waals surface area contributed by atoms with Crippen LogP contribution in [0.1, 0.15) is 36.1 Å². The van der Waals surface area contributed by atoms with Gasteiger partial charge in [-0.25, -0.2) is 4.98 Å². The number of aromatic nitrogens is 1. The van der Waals surface area contributed by atoms with Crippen LogP contribution in [0.2, 0.25) is 0 Å². The van der Waals surface area contributed by atoms with Gasteiger partial charge in [-0.1, -0.05) is 0 Å². The molecule has 1 atom stereocenters. The van der Waals surface area contributed by atoms with Gasteiger partial charge in [0, 0.05) is 31.4 Å². The van der Waals surface area contributed by atoms with E-state index in [4.69, 9.17) is 4.98 Å². The molecule has 4 rings (SSSR count). The van der Waals surface area contributed by atoms with E-state index in [-0.39, 0.29) is 0 Å². The molecule has 1 aliphatic carbocycles. The first-order valence-electron chi connectivity index (χ1n) is 7.77. The Hall–Kier alpha value is -1.60. The van der Waals surface area contributed by atoms with Crippen molar-refractivity contribution >= 4 is 5.82 Å². The highest BCUT2D eigenvalue weighted by Crippen LogP contribution is 2.30. The number of rotatable bonds is 1. The molecule has 4 nitrogen and oxygen atoms in total. The minimum atomic E-state index is 0.672. The summed E-state index contributed by atoms with van der Waals surface area (Å²) in [5.41, 5.74) is 3.30. The zero-order valence-electron chi connectivity index (χ0n) is 11.8. The number of anilines is 1. The Morgan fingerprint density at radius 2 is 2.15 bits per heavy atom. The molecule has 0 amide bonds. The molecule has 2 fully saturated rings. The lowest BCUT2D eigenvalue weighted by molar-refractivity contribution is 0.230. The van der Waals surface area contributed by atoms with Crippen molar-refractivity contribution in [3.05, 3.63) is 22.9 Å². The molecule has 104 valence electrons. The number of piperazine rings is 1. The smallest absolute Gasteiger partial charge is 0.146 e. The van der Waals surface area contributed by atoms with Crippen LogP contribution in [0, 0.1) is 11.3 Å². The maximum Gasteiger partial charge on any atom is 0.146 e. The summed E-state index contributed by atoms with van der Waals surface area (Å²) in [6, 6.07) is 5.13. The average Bonchev–Trinajstić information content (AvgIpc) is 3.13. The summed E-state index contributed by atoms with van der Waals surface area (Å²) in [6.07, 6.45) is 5.97. The van der Waals surface area contributed by atoms with Gasteiger partial charge in [-0.3, -0.25) is 4.90 Å². The van der Waals surface area contributed by atoms with Gasteiger partial charge in [0.1, 0.15) is 11.9 Å². The second-order valence-electron chi connectivity index (χ2n) is 6.21. The van der Waals surface area contributed by atoms with Gasteiger partial charge >= 0.3 is 0 Å². The molecule has 0 radical (unpaired) electrons. The van der Waals surface area contributed by atoms with E-state index in [1.54, 1.807) is 0 Å². The van der Waals surface area contributed by atoms with Crippen LogP contribution in [0.4, 0.5) is 5.82 Å². The van der Waals surface area contributed by atoms with E-state index in [1.165, 1.54) is 37.1 Å². The molecule has 0 N–H and O–H groups in total. The van der Waals surface area contributed by atoms with Crippen molar-refractivity contribution < 1.29 is 0 Å². The standard InChI is InChI=1S/C16H20N4/c17-10-13-9-12-3-1-5-15(12)18-16(13)20-8-7-19-6-2-4-14(19)11-20/h9,14H,1-8,11H2. The lowest BCUT2D eigenvalue weighted by Crippen LogP contribution is -2.50. The molecule has 0 aromatic carbocycles. The minimum Gasteiger partial charge on any atom is -0.353 e. The van der Waals surface area contributed by atoms with Gasteiger partial charge in [0.2, 0.25) is 0 Å². The van der Waals surface area contributed by atoms with Crippen LogP contribution in [0.3, 0.4) is 0 Å². The lowest BCUT2D eigenvalue weighted by atomic mass is 10.1. The largest absolute Gasteiger partial charge is 0.353 e. The predicted octanol–water partition coefficient (Wildman–Crippen LogP) is 1.73. The third kappa shape index (κ3) is 1.89. The Morgan fingerprint density at radius 3 is 3.05 bits per heavy atom. The molecule has 0 bridgehead atoms. The van der Waals surface area contributed by atoms with E-state index < -0.39 is 0 Å². The number of nitriles is 1. The number of fused-ring (bicyclic) bond motifs is 2. The Kier molecular flexibility index (Phi) is 2.89. The highest BCUT2D eigenvalue weighted by atomic mass is 15.3. The maximum atomic E-state index is 9.44. The Labute approximate surface area is 120 Å². The van der Waals surface area contributed by atoms with Crippen LogP contribution >= 0.6 is 0 Å². The summed E-state index contributed by atoms with van der Waals surface area (Å²) in [5, 5.41) is 9.44. The van der Waals surface area contributed by atoms with Crippen LogP contribution in [0.5, 0.6) is 0 Å². The fourth-order valence-corrected chi connectivity index (χ4v) is 3.97. The van der Waals surface area contributed by atoms with E-state index >= 15 is 0 Å². The molecular weight excluding hydrogens is 248 g/mol. The summed E-state index contributed by atoms with van der Waals surface area (Å²) in [4.78, 5) is 9.79. The number of nitrogens with zero attached hydrogens (tertiary/aromatic N) is 4. The number of hydrogen-bond acceptors (Lipinski definition) is 4. The Morgan fingerprint density at radius 1 is 1.20 bits per heavy atom. The van der Waals surface area contributed by atoms with Gasteiger partial charge in [0.15, 0.2) is 0 Å². The van der Waals surface area contributed by atoms with Crippen molar-refractivity contribution in [3.8, 4) is 6.07 Å². The molecule has 4 heteroatoms. The van der Waals surface area contributed by atoms with Crippen LogP contribution in [-0.4, -0.2) is 42.1 Å². The topological polar surface area (TPSA) is 43.2 Å². The summed E-state index contributed by atoms with van der Waals surface area (Å²) in [5.74, 6) is 0.944. The fourth-order valence-electron chi connectivity index (χ4n) is 3.97. The van der Waals surface area contributed by atoms with Crippen molar-refractivity contribution in [3.63, 3.8) is 0 Å². The zero-order chi connectivity index (χ0) is 13.5. The molecule has 2 saturated heterocycles. The summed E-state index contributed by atoms with van der Waals surface area (Å²) < 4.78 is 0. The fraction of sp³-hybridized carbons (Fsp3) is 0.625. The van der Waals surface area contributed by atoms with Crippen molar-refractivity contribution in [2.24, 2.45) is 0 Å². The molecule has 0 saturated carbocycles. The second kappa shape index (κ2) is 4.75. The van der Waals surface area contributed by atoms with Gasteiger partial charge in [-0.05, 0) is 50.3 Å². The first-order valence-corrected chi connectivity index (χ1v) is 7.77. The van der Waals surface area contributed by atoms with Crippen LogP contribution in [0.15, 0.2) is 6.07 Å². The molecule has 1 aromatic rings. The van der Waals surface area contributed by atoms with Gasteiger partial charge < -0.3 is 4.90 Å². The van der Waals surface area contributed by atoms with E-state index in [0.717, 1.165) is 43.9 Å². The van der Waals surface area contributed by atoms with Crippen molar-refractivity contribution in [1.29, 1.82) is 5.26 Å². The van der Waals surface area contributed by atoms with Gasteiger partial charge in [0.05, 0.1) is 5.56 Å². The first kappa shape index (κ1) is 12.2. The SMILES string of the molecule is N#Cc1cc2c(nc1N1CCN3CCCC3C1)CCC2. The quantitative estimate of drug-likeness (QED) is 0.778. The maximum absolute atomic E-state index is 9.44. The zero-order valence-corrected chi connectivity index (χ0v) is 11.8. The molecule has 20 heavy (non-hydrogen) atoms. The number of hydrogen-bond donors (Lipinski definition) is 0. The highest BCUT2D eigenvalue weighted by Gasteiger charge is 2.32. The summed E-state index contributed by atoms with van der Waals surface area (Å²) >= 11 is 0. The lowest BCUT2D eigenvalue weighted by Gasteiger charge is -2.38. The third-order valence-electron chi connectivity index (χ3n) is 5.04. The Balaban J connectivity index is 1.66. The average molecular weight is 268 g/mol. The van der Waals surface area contributed by atoms with E-state index in [9.17, 15) is 5.26 Å². The van der Waals surface area contributed by atoms with Gasteiger partial charge in [0.25, 0.3) is 0 Å². The molecule has 3 heterocycles. The number of aryl methyl sites for hydroxylation is 2. The molecule has 1 aromatic heterocycles. The minimum absolute atomic E-state index is 0.672. The molecule has 1 unspecified atom stereocenters.